The second-order valence-electron chi connectivity index (χ2n) is 5.58. The minimum Gasteiger partial charge on any atom is -0.310 e. The molecule has 1 aromatic rings. The highest BCUT2D eigenvalue weighted by molar-refractivity contribution is 5.30. The molecule has 0 bridgehead atoms. The number of nitrogens with zero attached hydrogens (tertiary/aromatic N) is 1. The van der Waals surface area contributed by atoms with E-state index >= 15 is 0 Å². The Morgan fingerprint density at radius 3 is 2.47 bits per heavy atom. The summed E-state index contributed by atoms with van der Waals surface area (Å²) in [5.74, 6) is 0. The summed E-state index contributed by atoms with van der Waals surface area (Å²) >= 11 is 0. The van der Waals surface area contributed by atoms with Crippen LogP contribution in [0.4, 0.5) is 0 Å². The molecule has 17 heavy (non-hydrogen) atoms. The first-order chi connectivity index (χ1) is 8.31. The van der Waals surface area contributed by atoms with E-state index in [2.05, 4.69) is 41.4 Å². The van der Waals surface area contributed by atoms with E-state index in [0.29, 0.717) is 5.54 Å². The van der Waals surface area contributed by atoms with Gasteiger partial charge >= 0.3 is 0 Å². The highest BCUT2D eigenvalue weighted by atomic mass is 15.2. The Bertz CT molecular complexity index is 369. The Balaban J connectivity index is 1.69. The summed E-state index contributed by atoms with van der Waals surface area (Å²) < 4.78 is 0. The van der Waals surface area contributed by atoms with Gasteiger partial charge in [-0.25, -0.2) is 0 Å². The van der Waals surface area contributed by atoms with Gasteiger partial charge in [-0.3, -0.25) is 4.90 Å². The smallest absolute Gasteiger partial charge is 0.0306 e. The average Bonchev–Trinajstić information content (AvgIpc) is 2.95. The quantitative estimate of drug-likeness (QED) is 0.858. The van der Waals surface area contributed by atoms with Gasteiger partial charge in [0.2, 0.25) is 0 Å². The van der Waals surface area contributed by atoms with E-state index in [0.717, 1.165) is 13.1 Å². The van der Waals surface area contributed by atoms with E-state index < -0.39 is 0 Å². The molecule has 2 aliphatic heterocycles. The van der Waals surface area contributed by atoms with Crippen molar-refractivity contribution < 1.29 is 0 Å². The SMILES string of the molecule is CCC1(CN2Cc3ccccc3C2)CCCN1. The fourth-order valence-corrected chi connectivity index (χ4v) is 3.36. The molecule has 2 heteroatoms. The van der Waals surface area contributed by atoms with Crippen molar-refractivity contribution in [3.63, 3.8) is 0 Å². The molecule has 1 N–H and O–H groups in total. The Labute approximate surface area is 104 Å². The number of rotatable bonds is 3. The van der Waals surface area contributed by atoms with Crippen molar-refractivity contribution in [2.24, 2.45) is 0 Å². The van der Waals surface area contributed by atoms with Crippen LogP contribution in [0.15, 0.2) is 24.3 Å². The molecule has 2 nitrogen and oxygen atoms in total. The fraction of sp³-hybridized carbons (Fsp3) is 0.600. The first-order valence-corrected chi connectivity index (χ1v) is 6.85. The molecule has 0 saturated carbocycles. The van der Waals surface area contributed by atoms with Gasteiger partial charge in [0.05, 0.1) is 0 Å². The van der Waals surface area contributed by atoms with Gasteiger partial charge in [0.1, 0.15) is 0 Å². The topological polar surface area (TPSA) is 15.3 Å². The lowest BCUT2D eigenvalue weighted by atomic mass is 9.93. The summed E-state index contributed by atoms with van der Waals surface area (Å²) in [5.41, 5.74) is 3.44. The summed E-state index contributed by atoms with van der Waals surface area (Å²) in [4.78, 5) is 2.60. The lowest BCUT2D eigenvalue weighted by Crippen LogP contribution is -2.48. The van der Waals surface area contributed by atoms with Crippen molar-refractivity contribution in [1.82, 2.24) is 10.2 Å². The van der Waals surface area contributed by atoms with E-state index in [1.54, 1.807) is 0 Å². The number of benzene rings is 1. The monoisotopic (exact) mass is 230 g/mol. The van der Waals surface area contributed by atoms with Gasteiger partial charge in [-0.2, -0.15) is 0 Å². The number of hydrogen-bond donors (Lipinski definition) is 1. The average molecular weight is 230 g/mol. The molecule has 1 fully saturated rings. The van der Waals surface area contributed by atoms with Crippen molar-refractivity contribution in [2.45, 2.75) is 44.8 Å². The molecule has 3 rings (SSSR count). The molecule has 0 radical (unpaired) electrons. The maximum Gasteiger partial charge on any atom is 0.0306 e. The molecular weight excluding hydrogens is 208 g/mol. The van der Waals surface area contributed by atoms with Crippen LogP contribution < -0.4 is 5.32 Å². The number of hydrogen-bond acceptors (Lipinski definition) is 2. The van der Waals surface area contributed by atoms with Gasteiger partial charge in [0.25, 0.3) is 0 Å². The minimum absolute atomic E-state index is 0.391. The zero-order valence-electron chi connectivity index (χ0n) is 10.7. The molecule has 1 aromatic carbocycles. The largest absolute Gasteiger partial charge is 0.310 e. The lowest BCUT2D eigenvalue weighted by molar-refractivity contribution is 0.189. The van der Waals surface area contributed by atoms with Crippen molar-refractivity contribution in [2.75, 3.05) is 13.1 Å². The van der Waals surface area contributed by atoms with Crippen LogP contribution in [0.3, 0.4) is 0 Å². The molecule has 1 unspecified atom stereocenters. The molecular formula is C15H22N2. The second-order valence-corrected chi connectivity index (χ2v) is 5.58. The van der Waals surface area contributed by atoms with E-state index in [4.69, 9.17) is 0 Å². The van der Waals surface area contributed by atoms with Crippen LogP contribution in [0, 0.1) is 0 Å². The van der Waals surface area contributed by atoms with Crippen LogP contribution in [0.1, 0.15) is 37.3 Å². The standard InChI is InChI=1S/C15H22N2/c1-2-15(8-5-9-16-15)12-17-10-13-6-3-4-7-14(13)11-17/h3-4,6-7,16H,2,5,8-12H2,1H3. The normalized spacial score (nSPS) is 28.5. The van der Waals surface area contributed by atoms with Crippen LogP contribution in [0.2, 0.25) is 0 Å². The van der Waals surface area contributed by atoms with Crippen molar-refractivity contribution in [3.05, 3.63) is 35.4 Å². The fourth-order valence-electron chi connectivity index (χ4n) is 3.36. The van der Waals surface area contributed by atoms with Gasteiger partial charge in [-0.1, -0.05) is 31.2 Å². The van der Waals surface area contributed by atoms with Crippen LogP contribution in [0.25, 0.3) is 0 Å². The van der Waals surface area contributed by atoms with Gasteiger partial charge in [-0.15, -0.1) is 0 Å². The molecule has 0 aliphatic carbocycles. The minimum atomic E-state index is 0.391. The van der Waals surface area contributed by atoms with Crippen molar-refractivity contribution >= 4 is 0 Å². The molecule has 0 aromatic heterocycles. The highest BCUT2D eigenvalue weighted by Gasteiger charge is 2.34. The van der Waals surface area contributed by atoms with Crippen LogP contribution in [0.5, 0.6) is 0 Å². The Hall–Kier alpha value is -0.860. The third-order valence-corrected chi connectivity index (χ3v) is 4.44. The summed E-state index contributed by atoms with van der Waals surface area (Å²) in [7, 11) is 0. The molecule has 1 saturated heterocycles. The zero-order valence-corrected chi connectivity index (χ0v) is 10.7. The van der Waals surface area contributed by atoms with E-state index in [-0.39, 0.29) is 0 Å². The van der Waals surface area contributed by atoms with Gasteiger partial charge < -0.3 is 5.32 Å². The van der Waals surface area contributed by atoms with Crippen LogP contribution in [-0.4, -0.2) is 23.5 Å². The highest BCUT2D eigenvalue weighted by Crippen LogP contribution is 2.29. The van der Waals surface area contributed by atoms with E-state index in [9.17, 15) is 0 Å². The van der Waals surface area contributed by atoms with Crippen LogP contribution >= 0.6 is 0 Å². The van der Waals surface area contributed by atoms with Crippen LogP contribution in [-0.2, 0) is 13.1 Å². The second kappa shape index (κ2) is 4.43. The molecule has 92 valence electrons. The Kier molecular flexibility index (Phi) is 2.93. The molecule has 1 atom stereocenters. The van der Waals surface area contributed by atoms with E-state index in [1.165, 1.54) is 43.5 Å². The summed E-state index contributed by atoms with van der Waals surface area (Å²) in [6, 6.07) is 8.86. The molecule has 2 aliphatic rings. The third-order valence-electron chi connectivity index (χ3n) is 4.44. The van der Waals surface area contributed by atoms with Gasteiger partial charge in [-0.05, 0) is 36.9 Å². The zero-order chi connectivity index (χ0) is 11.7. The Morgan fingerprint density at radius 1 is 1.24 bits per heavy atom. The predicted molar refractivity (Wildman–Crippen MR) is 70.8 cm³/mol. The molecule has 0 amide bonds. The summed E-state index contributed by atoms with van der Waals surface area (Å²) in [6.07, 6.45) is 3.94. The Morgan fingerprint density at radius 2 is 1.94 bits per heavy atom. The maximum atomic E-state index is 3.73. The summed E-state index contributed by atoms with van der Waals surface area (Å²) in [6.45, 7) is 7.01. The first kappa shape index (κ1) is 11.2. The van der Waals surface area contributed by atoms with Gasteiger partial charge in [0.15, 0.2) is 0 Å². The number of nitrogens with one attached hydrogen (secondary N) is 1. The third kappa shape index (κ3) is 2.12. The van der Waals surface area contributed by atoms with Crippen molar-refractivity contribution in [1.29, 1.82) is 0 Å². The molecule has 0 spiro atoms. The van der Waals surface area contributed by atoms with Gasteiger partial charge in [0, 0.05) is 25.2 Å². The predicted octanol–water partition coefficient (Wildman–Crippen LogP) is 2.53. The molecule has 2 heterocycles. The summed E-state index contributed by atoms with van der Waals surface area (Å²) in [5, 5.41) is 3.73. The number of fused-ring (bicyclic) bond motifs is 1. The first-order valence-electron chi connectivity index (χ1n) is 6.85. The van der Waals surface area contributed by atoms with E-state index in [1.807, 2.05) is 0 Å². The van der Waals surface area contributed by atoms with Crippen molar-refractivity contribution in [3.8, 4) is 0 Å². The lowest BCUT2D eigenvalue weighted by Gasteiger charge is -2.33. The maximum absolute atomic E-state index is 3.73.